The van der Waals surface area contributed by atoms with Gasteiger partial charge in [-0.3, -0.25) is 0 Å². The molecule has 2 unspecified atom stereocenters. The summed E-state index contributed by atoms with van der Waals surface area (Å²) in [5, 5.41) is 0. The molecular weight excluding hydrogens is 264 g/mol. The van der Waals surface area contributed by atoms with Gasteiger partial charge >= 0.3 is 5.97 Å². The molecule has 0 aliphatic carbocycles. The maximum Gasteiger partial charge on any atom is 0.377 e. The topological polar surface area (TPSA) is 63.2 Å². The molecular formula is C14H20O6. The van der Waals surface area contributed by atoms with Crippen molar-refractivity contribution in [1.82, 2.24) is 0 Å². The lowest BCUT2D eigenvalue weighted by molar-refractivity contribution is -0.162. The first-order chi connectivity index (χ1) is 9.40. The lowest BCUT2D eigenvalue weighted by Gasteiger charge is -2.22. The predicted molar refractivity (Wildman–Crippen MR) is 68.9 cm³/mol. The van der Waals surface area contributed by atoms with E-state index < -0.39 is 17.5 Å². The quantitative estimate of drug-likeness (QED) is 0.723. The Balaban J connectivity index is 1.80. The Morgan fingerprint density at radius 2 is 1.70 bits per heavy atom. The summed E-state index contributed by atoms with van der Waals surface area (Å²) in [5.74, 6) is -1.51. The van der Waals surface area contributed by atoms with E-state index in [0.29, 0.717) is 18.6 Å². The van der Waals surface area contributed by atoms with Gasteiger partial charge in [-0.2, -0.15) is 0 Å². The van der Waals surface area contributed by atoms with E-state index >= 15 is 0 Å². The largest absolute Gasteiger partial charge is 0.457 e. The van der Waals surface area contributed by atoms with Crippen LogP contribution in [0.5, 0.6) is 0 Å². The van der Waals surface area contributed by atoms with E-state index in [2.05, 4.69) is 0 Å². The van der Waals surface area contributed by atoms with Gasteiger partial charge in [0, 0.05) is 26.7 Å². The second-order valence-electron chi connectivity index (χ2n) is 5.06. The summed E-state index contributed by atoms with van der Waals surface area (Å²) in [6.45, 7) is 7.43. The monoisotopic (exact) mass is 284 g/mol. The third-order valence-corrected chi connectivity index (χ3v) is 3.36. The van der Waals surface area contributed by atoms with Crippen LogP contribution in [0.4, 0.5) is 0 Å². The molecule has 0 spiro atoms. The molecule has 0 aromatic rings. The second kappa shape index (κ2) is 5.26. The maximum absolute atomic E-state index is 11.8. The van der Waals surface area contributed by atoms with Crippen molar-refractivity contribution in [2.45, 2.75) is 52.1 Å². The van der Waals surface area contributed by atoms with Crippen molar-refractivity contribution in [1.29, 1.82) is 0 Å². The van der Waals surface area contributed by atoms with Crippen LogP contribution in [0.15, 0.2) is 24.0 Å². The molecule has 0 saturated heterocycles. The zero-order chi connectivity index (χ0) is 14.8. The summed E-state index contributed by atoms with van der Waals surface area (Å²) in [7, 11) is 0. The lowest BCUT2D eigenvalue weighted by Crippen LogP contribution is -2.26. The maximum atomic E-state index is 11.8. The summed E-state index contributed by atoms with van der Waals surface area (Å²) in [5.41, 5.74) is 0. The number of ether oxygens (including phenoxy) is 5. The minimum atomic E-state index is -0.790. The highest BCUT2D eigenvalue weighted by atomic mass is 16.7. The van der Waals surface area contributed by atoms with E-state index in [1.807, 2.05) is 20.8 Å². The molecule has 6 nitrogen and oxygen atoms in total. The fourth-order valence-corrected chi connectivity index (χ4v) is 1.65. The lowest BCUT2D eigenvalue weighted by atomic mass is 10.2. The smallest absolute Gasteiger partial charge is 0.377 e. The molecule has 20 heavy (non-hydrogen) atoms. The number of esters is 1. The van der Waals surface area contributed by atoms with Crippen LogP contribution >= 0.6 is 0 Å². The summed E-state index contributed by atoms with van der Waals surface area (Å²) in [4.78, 5) is 11.8. The Morgan fingerprint density at radius 1 is 1.10 bits per heavy atom. The van der Waals surface area contributed by atoms with E-state index in [1.54, 1.807) is 6.92 Å². The Bertz CT molecular complexity index is 455. The van der Waals surface area contributed by atoms with Crippen molar-refractivity contribution >= 4 is 5.97 Å². The van der Waals surface area contributed by atoms with Crippen LogP contribution in [0, 0.1) is 0 Å². The molecule has 2 aliphatic rings. The van der Waals surface area contributed by atoms with Crippen molar-refractivity contribution in [3.8, 4) is 0 Å². The minimum Gasteiger partial charge on any atom is -0.457 e. The molecule has 2 atom stereocenters. The van der Waals surface area contributed by atoms with E-state index in [9.17, 15) is 4.79 Å². The molecule has 0 amide bonds. The van der Waals surface area contributed by atoms with Crippen LogP contribution in [-0.4, -0.2) is 24.2 Å². The van der Waals surface area contributed by atoms with Gasteiger partial charge in [-0.1, -0.05) is 13.8 Å². The third kappa shape index (κ3) is 3.00. The van der Waals surface area contributed by atoms with Crippen molar-refractivity contribution in [3.63, 3.8) is 0 Å². The highest BCUT2D eigenvalue weighted by Crippen LogP contribution is 2.30. The van der Waals surface area contributed by atoms with E-state index in [1.165, 1.54) is 12.5 Å². The summed E-state index contributed by atoms with van der Waals surface area (Å²) in [6, 6.07) is 0. The molecule has 0 radical (unpaired) electrons. The normalized spacial score (nSPS) is 31.4. The second-order valence-corrected chi connectivity index (χ2v) is 5.06. The highest BCUT2D eigenvalue weighted by Gasteiger charge is 2.36. The molecule has 2 rings (SSSR count). The van der Waals surface area contributed by atoms with Crippen LogP contribution in [0.3, 0.4) is 0 Å². The van der Waals surface area contributed by atoms with Crippen LogP contribution < -0.4 is 0 Å². The summed E-state index contributed by atoms with van der Waals surface area (Å²) >= 11 is 0. The van der Waals surface area contributed by atoms with Gasteiger partial charge in [0.15, 0.2) is 12.4 Å². The van der Waals surface area contributed by atoms with Crippen LogP contribution in [0.2, 0.25) is 0 Å². The molecule has 2 heterocycles. The van der Waals surface area contributed by atoms with Crippen LogP contribution in [-0.2, 0) is 28.5 Å². The van der Waals surface area contributed by atoms with Crippen molar-refractivity contribution in [2.24, 2.45) is 0 Å². The first-order valence-corrected chi connectivity index (χ1v) is 6.70. The van der Waals surface area contributed by atoms with E-state index in [4.69, 9.17) is 23.7 Å². The van der Waals surface area contributed by atoms with E-state index in [0.717, 1.165) is 0 Å². The van der Waals surface area contributed by atoms with Gasteiger partial charge in [-0.25, -0.2) is 4.79 Å². The molecule has 0 N–H and O–H groups in total. The Kier molecular flexibility index (Phi) is 3.83. The fourth-order valence-electron chi connectivity index (χ4n) is 1.65. The highest BCUT2D eigenvalue weighted by molar-refractivity contribution is 5.86. The van der Waals surface area contributed by atoms with Gasteiger partial charge in [0.25, 0.3) is 0 Å². The van der Waals surface area contributed by atoms with Gasteiger partial charge < -0.3 is 23.7 Å². The third-order valence-electron chi connectivity index (χ3n) is 3.36. The minimum absolute atomic E-state index is 0.00202. The van der Waals surface area contributed by atoms with E-state index in [-0.39, 0.29) is 12.4 Å². The molecule has 0 bridgehead atoms. The van der Waals surface area contributed by atoms with Gasteiger partial charge in [0.1, 0.15) is 12.5 Å². The number of carbonyl (C=O) groups excluding carboxylic acids is 1. The SMILES string of the molecule is CCC1(C)OC=C(COC(=O)C2=COC(C)(CC)O2)O1. The zero-order valence-corrected chi connectivity index (χ0v) is 12.2. The van der Waals surface area contributed by atoms with Gasteiger partial charge in [0.05, 0.1) is 0 Å². The molecule has 0 aromatic heterocycles. The standard InChI is InChI=1S/C14H20O6/c1-5-13(3)17-8-10(19-13)7-16-12(15)11-9-18-14(4,6-2)20-11/h8-9H,5-7H2,1-4H3. The average Bonchev–Trinajstić information content (AvgIpc) is 3.02. The number of hydrogen-bond acceptors (Lipinski definition) is 6. The van der Waals surface area contributed by atoms with Crippen LogP contribution in [0.25, 0.3) is 0 Å². The molecule has 0 saturated carbocycles. The predicted octanol–water partition coefficient (Wildman–Crippen LogP) is 2.56. The van der Waals surface area contributed by atoms with Gasteiger partial charge in [0.2, 0.25) is 17.3 Å². The molecule has 112 valence electrons. The number of carbonyl (C=O) groups is 1. The number of rotatable bonds is 5. The molecule has 0 aromatic carbocycles. The van der Waals surface area contributed by atoms with Crippen molar-refractivity contribution < 1.29 is 28.5 Å². The van der Waals surface area contributed by atoms with Crippen molar-refractivity contribution in [2.75, 3.05) is 6.61 Å². The summed E-state index contributed by atoms with van der Waals surface area (Å²) < 4.78 is 26.7. The average molecular weight is 284 g/mol. The Hall–Kier alpha value is -1.85. The van der Waals surface area contributed by atoms with Gasteiger partial charge in [-0.15, -0.1) is 0 Å². The Labute approximate surface area is 118 Å². The molecule has 6 heteroatoms. The Morgan fingerprint density at radius 3 is 2.25 bits per heavy atom. The first-order valence-electron chi connectivity index (χ1n) is 6.70. The molecule has 2 aliphatic heterocycles. The van der Waals surface area contributed by atoms with Crippen molar-refractivity contribution in [3.05, 3.63) is 24.0 Å². The zero-order valence-electron chi connectivity index (χ0n) is 12.2. The molecule has 0 fully saturated rings. The summed E-state index contributed by atoms with van der Waals surface area (Å²) in [6.07, 6.45) is 4.06. The van der Waals surface area contributed by atoms with Crippen LogP contribution in [0.1, 0.15) is 40.5 Å². The fraction of sp³-hybridized carbons (Fsp3) is 0.643. The number of hydrogen-bond donors (Lipinski definition) is 0. The van der Waals surface area contributed by atoms with Gasteiger partial charge in [-0.05, 0) is 0 Å². The first kappa shape index (κ1) is 14.6.